The number of amides is 1. The lowest BCUT2D eigenvalue weighted by atomic mass is 10.2. The van der Waals surface area contributed by atoms with E-state index in [1.54, 1.807) is 0 Å². The molecule has 0 aromatic heterocycles. The third-order valence-corrected chi connectivity index (χ3v) is 2.72. The number of benzene rings is 1. The van der Waals surface area contributed by atoms with Gasteiger partial charge in [0.2, 0.25) is 6.79 Å². The van der Waals surface area contributed by atoms with Crippen LogP contribution < -0.4 is 20.5 Å². The van der Waals surface area contributed by atoms with Crippen molar-refractivity contribution >= 4 is 18.3 Å². The zero-order chi connectivity index (χ0) is 13.0. The smallest absolute Gasteiger partial charge is 0.250 e. The van der Waals surface area contributed by atoms with Crippen LogP contribution in [0.5, 0.6) is 11.5 Å². The van der Waals surface area contributed by atoms with Gasteiger partial charge in [-0.05, 0) is 6.07 Å². The van der Waals surface area contributed by atoms with E-state index in [4.69, 9.17) is 19.9 Å². The van der Waals surface area contributed by atoms with Gasteiger partial charge in [-0.3, -0.25) is 4.79 Å². The molecular formula is C12H17ClN2O4. The summed E-state index contributed by atoms with van der Waals surface area (Å²) in [6, 6.07) is 5.55. The van der Waals surface area contributed by atoms with E-state index in [-0.39, 0.29) is 31.7 Å². The molecule has 3 N–H and O–H groups in total. The minimum atomic E-state index is -0.626. The molecule has 0 spiro atoms. The summed E-state index contributed by atoms with van der Waals surface area (Å²) in [5.74, 6) is 1.14. The van der Waals surface area contributed by atoms with E-state index in [1.165, 1.54) is 7.11 Å². The maximum absolute atomic E-state index is 11.7. The van der Waals surface area contributed by atoms with Crippen LogP contribution in [0.2, 0.25) is 0 Å². The fraction of sp³-hybridized carbons (Fsp3) is 0.417. The van der Waals surface area contributed by atoms with Crippen molar-refractivity contribution in [3.8, 4) is 11.5 Å². The molecule has 7 heteroatoms. The van der Waals surface area contributed by atoms with Gasteiger partial charge < -0.3 is 25.3 Å². The van der Waals surface area contributed by atoms with Gasteiger partial charge >= 0.3 is 0 Å². The van der Waals surface area contributed by atoms with Gasteiger partial charge in [0.1, 0.15) is 6.10 Å². The van der Waals surface area contributed by atoms with Crippen molar-refractivity contribution in [1.29, 1.82) is 0 Å². The van der Waals surface area contributed by atoms with E-state index < -0.39 is 6.10 Å². The standard InChI is InChI=1S/C12H16N2O4.ClH/c1-16-10(5-13)12(15)14-6-8-3-2-4-9-11(8)18-7-17-9;/h2-4,10H,5-7,13H2,1H3,(H,14,15);1H. The van der Waals surface area contributed by atoms with Crippen LogP contribution in [0.3, 0.4) is 0 Å². The molecule has 0 fully saturated rings. The minimum Gasteiger partial charge on any atom is -0.454 e. The molecule has 1 heterocycles. The number of nitrogens with two attached hydrogens (primary N) is 1. The number of ether oxygens (including phenoxy) is 3. The maximum Gasteiger partial charge on any atom is 0.250 e. The van der Waals surface area contributed by atoms with Crippen molar-refractivity contribution in [2.45, 2.75) is 12.6 Å². The number of methoxy groups -OCH3 is 1. The van der Waals surface area contributed by atoms with Crippen LogP contribution in [0.25, 0.3) is 0 Å². The molecule has 1 aliphatic rings. The molecule has 1 atom stereocenters. The van der Waals surface area contributed by atoms with E-state index in [0.29, 0.717) is 18.0 Å². The molecule has 6 nitrogen and oxygen atoms in total. The summed E-state index contributed by atoms with van der Waals surface area (Å²) in [5.41, 5.74) is 6.28. The Bertz CT molecular complexity index is 438. The summed E-state index contributed by atoms with van der Waals surface area (Å²) in [6.45, 7) is 0.712. The number of hydrogen-bond donors (Lipinski definition) is 2. The van der Waals surface area contributed by atoms with Gasteiger partial charge in [0.15, 0.2) is 11.5 Å². The Morgan fingerprint density at radius 2 is 2.32 bits per heavy atom. The third-order valence-electron chi connectivity index (χ3n) is 2.72. The molecule has 0 aliphatic carbocycles. The zero-order valence-electron chi connectivity index (χ0n) is 10.5. The largest absolute Gasteiger partial charge is 0.454 e. The number of halogens is 1. The number of hydrogen-bond acceptors (Lipinski definition) is 5. The Kier molecular flexibility index (Phi) is 5.88. The highest BCUT2D eigenvalue weighted by Crippen LogP contribution is 2.35. The highest BCUT2D eigenvalue weighted by molar-refractivity contribution is 5.85. The van der Waals surface area contributed by atoms with Crippen LogP contribution in [0.1, 0.15) is 5.56 Å². The molecule has 1 aliphatic heterocycles. The fourth-order valence-electron chi connectivity index (χ4n) is 1.74. The molecule has 19 heavy (non-hydrogen) atoms. The van der Waals surface area contributed by atoms with Crippen LogP contribution in [0.15, 0.2) is 18.2 Å². The molecular weight excluding hydrogens is 272 g/mol. The quantitative estimate of drug-likeness (QED) is 0.821. The topological polar surface area (TPSA) is 82.8 Å². The van der Waals surface area contributed by atoms with Gasteiger partial charge in [-0.1, -0.05) is 12.1 Å². The molecule has 1 aromatic rings. The fourth-order valence-corrected chi connectivity index (χ4v) is 1.74. The molecule has 106 valence electrons. The normalized spacial score (nSPS) is 13.6. The summed E-state index contributed by atoms with van der Waals surface area (Å²) in [6.07, 6.45) is -0.626. The Morgan fingerprint density at radius 1 is 1.53 bits per heavy atom. The number of nitrogens with one attached hydrogen (secondary N) is 1. The van der Waals surface area contributed by atoms with Crippen molar-refractivity contribution < 1.29 is 19.0 Å². The van der Waals surface area contributed by atoms with Gasteiger partial charge in [0.25, 0.3) is 5.91 Å². The van der Waals surface area contributed by atoms with Crippen molar-refractivity contribution in [2.24, 2.45) is 5.73 Å². The monoisotopic (exact) mass is 288 g/mol. The molecule has 0 saturated carbocycles. The number of fused-ring (bicyclic) bond motifs is 1. The first kappa shape index (κ1) is 15.6. The van der Waals surface area contributed by atoms with Crippen molar-refractivity contribution in [2.75, 3.05) is 20.4 Å². The minimum absolute atomic E-state index is 0. The Hall–Kier alpha value is -1.50. The van der Waals surface area contributed by atoms with Gasteiger partial charge in [0, 0.05) is 25.8 Å². The van der Waals surface area contributed by atoms with E-state index in [9.17, 15) is 4.79 Å². The first-order valence-corrected chi connectivity index (χ1v) is 5.64. The molecule has 1 unspecified atom stereocenters. The second-order valence-electron chi connectivity index (χ2n) is 3.83. The van der Waals surface area contributed by atoms with Gasteiger partial charge in [0.05, 0.1) is 0 Å². The van der Waals surface area contributed by atoms with E-state index >= 15 is 0 Å². The number of rotatable bonds is 5. The highest BCUT2D eigenvalue weighted by Gasteiger charge is 2.19. The van der Waals surface area contributed by atoms with Crippen LogP contribution in [-0.2, 0) is 16.1 Å². The van der Waals surface area contributed by atoms with Crippen molar-refractivity contribution in [1.82, 2.24) is 5.32 Å². The Morgan fingerprint density at radius 3 is 3.00 bits per heavy atom. The molecule has 0 saturated heterocycles. The van der Waals surface area contributed by atoms with Crippen LogP contribution in [0, 0.1) is 0 Å². The zero-order valence-corrected chi connectivity index (χ0v) is 11.4. The molecule has 1 amide bonds. The van der Waals surface area contributed by atoms with Crippen LogP contribution in [-0.4, -0.2) is 32.5 Å². The van der Waals surface area contributed by atoms with Gasteiger partial charge in [-0.15, -0.1) is 12.4 Å². The molecule has 2 rings (SSSR count). The van der Waals surface area contributed by atoms with Gasteiger partial charge in [-0.2, -0.15) is 0 Å². The predicted molar refractivity (Wildman–Crippen MR) is 71.5 cm³/mol. The molecule has 1 aromatic carbocycles. The van der Waals surface area contributed by atoms with E-state index in [0.717, 1.165) is 5.56 Å². The number of carbonyl (C=O) groups excluding carboxylic acids is 1. The number of para-hydroxylation sites is 1. The highest BCUT2D eigenvalue weighted by atomic mass is 35.5. The maximum atomic E-state index is 11.7. The second-order valence-corrected chi connectivity index (χ2v) is 3.83. The van der Waals surface area contributed by atoms with E-state index in [1.807, 2.05) is 18.2 Å². The first-order chi connectivity index (χ1) is 8.76. The van der Waals surface area contributed by atoms with Crippen molar-refractivity contribution in [3.63, 3.8) is 0 Å². The first-order valence-electron chi connectivity index (χ1n) is 5.64. The second kappa shape index (κ2) is 7.18. The van der Waals surface area contributed by atoms with Crippen molar-refractivity contribution in [3.05, 3.63) is 23.8 Å². The predicted octanol–water partition coefficient (Wildman–Crippen LogP) is 0.427. The summed E-state index contributed by atoms with van der Waals surface area (Å²) in [4.78, 5) is 11.7. The third kappa shape index (κ3) is 3.50. The Labute approximate surface area is 117 Å². The van der Waals surface area contributed by atoms with Gasteiger partial charge in [-0.25, -0.2) is 0 Å². The molecule has 0 bridgehead atoms. The van der Waals surface area contributed by atoms with E-state index in [2.05, 4.69) is 5.32 Å². The average molecular weight is 289 g/mol. The Balaban J connectivity index is 0.00000180. The lowest BCUT2D eigenvalue weighted by molar-refractivity contribution is -0.130. The summed E-state index contributed by atoms with van der Waals surface area (Å²) < 4.78 is 15.6. The molecule has 0 radical (unpaired) electrons. The van der Waals surface area contributed by atoms with Crippen LogP contribution >= 0.6 is 12.4 Å². The lowest BCUT2D eigenvalue weighted by Gasteiger charge is -2.13. The lowest BCUT2D eigenvalue weighted by Crippen LogP contribution is -2.40. The summed E-state index contributed by atoms with van der Waals surface area (Å²) in [7, 11) is 1.45. The summed E-state index contributed by atoms with van der Waals surface area (Å²) in [5, 5.41) is 2.75. The number of carbonyl (C=O) groups is 1. The SMILES string of the molecule is COC(CN)C(=O)NCc1cccc2c1OCO2.Cl. The van der Waals surface area contributed by atoms with Crippen LogP contribution in [0.4, 0.5) is 0 Å². The average Bonchev–Trinajstić information content (AvgIpc) is 2.86. The summed E-state index contributed by atoms with van der Waals surface area (Å²) >= 11 is 0.